The van der Waals surface area contributed by atoms with Gasteiger partial charge in [-0.25, -0.2) is 4.68 Å². The van der Waals surface area contributed by atoms with Crippen molar-refractivity contribution < 1.29 is 9.90 Å². The fraction of sp³-hybridized carbons (Fsp3) is 0.800. The quantitative estimate of drug-likeness (QED) is 0.751. The molecule has 2 heterocycles. The van der Waals surface area contributed by atoms with E-state index in [9.17, 15) is 4.79 Å². The van der Waals surface area contributed by atoms with Crippen LogP contribution in [0.25, 0.3) is 0 Å². The Balaban J connectivity index is 1.83. The van der Waals surface area contributed by atoms with Crippen LogP contribution in [-0.4, -0.2) is 49.3 Å². The highest BCUT2D eigenvalue weighted by molar-refractivity contribution is 5.71. The van der Waals surface area contributed by atoms with Crippen LogP contribution in [0.3, 0.4) is 0 Å². The Morgan fingerprint density at radius 1 is 1.53 bits per heavy atom. The molecule has 7 heteroatoms. The summed E-state index contributed by atoms with van der Waals surface area (Å²) >= 11 is 0. The van der Waals surface area contributed by atoms with Gasteiger partial charge in [-0.05, 0) is 16.8 Å². The van der Waals surface area contributed by atoms with Crippen LogP contribution in [0.15, 0.2) is 0 Å². The average molecular weight is 239 g/mol. The molecule has 1 aromatic heterocycles. The molecule has 94 valence electrons. The van der Waals surface area contributed by atoms with Gasteiger partial charge in [-0.2, -0.15) is 0 Å². The summed E-state index contributed by atoms with van der Waals surface area (Å²) in [6.45, 7) is 4.78. The minimum Gasteiger partial charge on any atom is -0.481 e. The molecule has 0 saturated carbocycles. The second-order valence-corrected chi connectivity index (χ2v) is 4.40. The van der Waals surface area contributed by atoms with Gasteiger partial charge in [0.1, 0.15) is 0 Å². The zero-order chi connectivity index (χ0) is 12.3. The van der Waals surface area contributed by atoms with E-state index in [1.807, 2.05) is 4.90 Å². The molecule has 0 unspecified atom stereocenters. The third-order valence-corrected chi connectivity index (χ3v) is 3.00. The molecule has 0 radical (unpaired) electrons. The van der Waals surface area contributed by atoms with E-state index in [0.717, 1.165) is 25.2 Å². The number of hydrogen-bond acceptors (Lipinski definition) is 5. The molecule has 0 atom stereocenters. The molecule has 0 amide bonds. The van der Waals surface area contributed by atoms with Crippen LogP contribution >= 0.6 is 0 Å². The van der Waals surface area contributed by atoms with Crippen LogP contribution in [0.1, 0.15) is 25.6 Å². The molecule has 0 bridgehead atoms. The fourth-order valence-electron chi connectivity index (χ4n) is 1.87. The summed E-state index contributed by atoms with van der Waals surface area (Å²) in [5, 5.41) is 20.3. The number of unbranched alkanes of at least 4 members (excludes halogenated alkanes) is 1. The number of aryl methyl sites for hydroxylation is 1. The molecule has 0 spiro atoms. The first-order valence-corrected chi connectivity index (χ1v) is 5.91. The highest BCUT2D eigenvalue weighted by Gasteiger charge is 2.33. The lowest BCUT2D eigenvalue weighted by Crippen LogP contribution is -2.49. The lowest BCUT2D eigenvalue weighted by Gasteiger charge is -2.35. The lowest BCUT2D eigenvalue weighted by atomic mass is 10.0. The minimum atomic E-state index is -0.716. The first-order chi connectivity index (χ1) is 8.20. The number of tetrazole rings is 1. The summed E-state index contributed by atoms with van der Waals surface area (Å²) in [5.74, 6) is -0.121. The van der Waals surface area contributed by atoms with Crippen LogP contribution in [0.2, 0.25) is 0 Å². The fourth-order valence-corrected chi connectivity index (χ4v) is 1.87. The first kappa shape index (κ1) is 12.0. The van der Waals surface area contributed by atoms with E-state index < -0.39 is 5.97 Å². The van der Waals surface area contributed by atoms with E-state index in [2.05, 4.69) is 22.4 Å². The van der Waals surface area contributed by atoms with E-state index in [-0.39, 0.29) is 5.92 Å². The molecule has 2 rings (SSSR count). The molecular formula is C10H17N5O2. The molecule has 1 fully saturated rings. The predicted molar refractivity (Wildman–Crippen MR) is 59.1 cm³/mol. The SMILES string of the molecule is CCCCn1nnnc1CN1CC(C(=O)O)C1. The lowest BCUT2D eigenvalue weighted by molar-refractivity contribution is -0.147. The third kappa shape index (κ3) is 2.79. The summed E-state index contributed by atoms with van der Waals surface area (Å²) < 4.78 is 1.80. The second kappa shape index (κ2) is 5.22. The molecular weight excluding hydrogens is 222 g/mol. The average Bonchev–Trinajstić information content (AvgIpc) is 2.66. The Morgan fingerprint density at radius 3 is 2.94 bits per heavy atom. The normalized spacial score (nSPS) is 17.0. The Bertz CT molecular complexity index is 386. The van der Waals surface area contributed by atoms with Crippen molar-refractivity contribution in [3.8, 4) is 0 Å². The number of nitrogens with zero attached hydrogens (tertiary/aromatic N) is 5. The number of likely N-dealkylation sites (tertiary alicyclic amines) is 1. The van der Waals surface area contributed by atoms with Gasteiger partial charge < -0.3 is 5.11 Å². The van der Waals surface area contributed by atoms with Gasteiger partial charge in [-0.1, -0.05) is 13.3 Å². The number of rotatable bonds is 6. The van der Waals surface area contributed by atoms with Crippen molar-refractivity contribution in [1.29, 1.82) is 0 Å². The van der Waals surface area contributed by atoms with Crippen molar-refractivity contribution in [2.24, 2.45) is 5.92 Å². The van der Waals surface area contributed by atoms with E-state index >= 15 is 0 Å². The number of aromatic nitrogens is 4. The molecule has 0 aromatic carbocycles. The summed E-state index contributed by atoms with van der Waals surface area (Å²) in [6, 6.07) is 0. The van der Waals surface area contributed by atoms with E-state index in [0.29, 0.717) is 19.6 Å². The van der Waals surface area contributed by atoms with Crippen molar-refractivity contribution >= 4 is 5.97 Å². The highest BCUT2D eigenvalue weighted by Crippen LogP contribution is 2.17. The number of carboxylic acids is 1. The maximum absolute atomic E-state index is 10.7. The molecule has 1 aliphatic heterocycles. The largest absolute Gasteiger partial charge is 0.481 e. The van der Waals surface area contributed by atoms with Gasteiger partial charge in [0.2, 0.25) is 0 Å². The topological polar surface area (TPSA) is 84.1 Å². The number of hydrogen-bond donors (Lipinski definition) is 1. The van der Waals surface area contributed by atoms with E-state index in [1.165, 1.54) is 0 Å². The monoisotopic (exact) mass is 239 g/mol. The summed E-state index contributed by atoms with van der Waals surface area (Å²) in [7, 11) is 0. The molecule has 1 aliphatic rings. The summed E-state index contributed by atoms with van der Waals surface area (Å²) in [5.41, 5.74) is 0. The van der Waals surface area contributed by atoms with Crippen LogP contribution in [-0.2, 0) is 17.9 Å². The molecule has 7 nitrogen and oxygen atoms in total. The maximum Gasteiger partial charge on any atom is 0.309 e. The number of aliphatic carboxylic acids is 1. The number of carbonyl (C=O) groups is 1. The summed E-state index contributed by atoms with van der Waals surface area (Å²) in [4.78, 5) is 12.7. The maximum atomic E-state index is 10.7. The molecule has 1 saturated heterocycles. The Morgan fingerprint density at radius 2 is 2.29 bits per heavy atom. The first-order valence-electron chi connectivity index (χ1n) is 5.91. The van der Waals surface area contributed by atoms with Gasteiger partial charge in [-0.15, -0.1) is 5.10 Å². The Kier molecular flexibility index (Phi) is 3.68. The van der Waals surface area contributed by atoms with Crippen molar-refractivity contribution in [2.75, 3.05) is 13.1 Å². The molecule has 0 aliphatic carbocycles. The van der Waals surface area contributed by atoms with Gasteiger partial charge in [0, 0.05) is 19.6 Å². The van der Waals surface area contributed by atoms with Gasteiger partial charge in [0.05, 0.1) is 12.5 Å². The van der Waals surface area contributed by atoms with Crippen LogP contribution in [0.5, 0.6) is 0 Å². The highest BCUT2D eigenvalue weighted by atomic mass is 16.4. The Hall–Kier alpha value is -1.50. The zero-order valence-electron chi connectivity index (χ0n) is 9.91. The molecule has 1 aromatic rings. The van der Waals surface area contributed by atoms with E-state index in [1.54, 1.807) is 4.68 Å². The Labute approximate surface area is 99.4 Å². The van der Waals surface area contributed by atoms with Crippen molar-refractivity contribution in [3.05, 3.63) is 5.82 Å². The van der Waals surface area contributed by atoms with Gasteiger partial charge in [-0.3, -0.25) is 9.69 Å². The second-order valence-electron chi connectivity index (χ2n) is 4.40. The minimum absolute atomic E-state index is 0.227. The zero-order valence-corrected chi connectivity index (χ0v) is 9.91. The van der Waals surface area contributed by atoms with Crippen LogP contribution in [0, 0.1) is 5.92 Å². The predicted octanol–water partition coefficient (Wildman–Crippen LogP) is -0.0104. The third-order valence-electron chi connectivity index (χ3n) is 3.00. The molecule has 17 heavy (non-hydrogen) atoms. The van der Waals surface area contributed by atoms with Crippen molar-refractivity contribution in [2.45, 2.75) is 32.9 Å². The summed E-state index contributed by atoms with van der Waals surface area (Å²) in [6.07, 6.45) is 2.15. The molecule has 1 N–H and O–H groups in total. The standard InChI is InChI=1S/C10H17N5O2/c1-2-3-4-15-9(11-12-13-15)7-14-5-8(6-14)10(16)17/h8H,2-7H2,1H3,(H,16,17). The van der Waals surface area contributed by atoms with Gasteiger partial charge in [0.25, 0.3) is 0 Å². The van der Waals surface area contributed by atoms with Crippen LogP contribution < -0.4 is 0 Å². The van der Waals surface area contributed by atoms with Crippen molar-refractivity contribution in [3.63, 3.8) is 0 Å². The van der Waals surface area contributed by atoms with Gasteiger partial charge >= 0.3 is 5.97 Å². The van der Waals surface area contributed by atoms with E-state index in [4.69, 9.17) is 5.11 Å². The van der Waals surface area contributed by atoms with Crippen LogP contribution in [0.4, 0.5) is 0 Å². The number of carboxylic acid groups (broad SMARTS) is 1. The van der Waals surface area contributed by atoms with Gasteiger partial charge in [0.15, 0.2) is 5.82 Å². The van der Waals surface area contributed by atoms with Crippen molar-refractivity contribution in [1.82, 2.24) is 25.1 Å². The smallest absolute Gasteiger partial charge is 0.309 e.